The molecule has 1 N–H and O–H groups in total. The summed E-state index contributed by atoms with van der Waals surface area (Å²) in [6.07, 6.45) is 2.78. The maximum absolute atomic E-state index is 11.8. The molecule has 0 spiro atoms. The van der Waals surface area contributed by atoms with Gasteiger partial charge in [0.2, 0.25) is 5.91 Å². The van der Waals surface area contributed by atoms with Gasteiger partial charge in [0.15, 0.2) is 0 Å². The van der Waals surface area contributed by atoms with Gasteiger partial charge in [-0.3, -0.25) is 9.69 Å². The SMILES string of the molecule is CC(C)CCC(=O)NCC(C)N1CCc2sccc2C1. The molecule has 1 aromatic rings. The van der Waals surface area contributed by atoms with Gasteiger partial charge in [0.05, 0.1) is 0 Å². The number of hydrogen-bond donors (Lipinski definition) is 1. The number of carbonyl (C=O) groups excluding carboxylic acids is 1. The van der Waals surface area contributed by atoms with Crippen molar-refractivity contribution in [1.82, 2.24) is 10.2 Å². The molecule has 1 aliphatic rings. The molecule has 0 bridgehead atoms. The second kappa shape index (κ2) is 7.23. The molecule has 2 rings (SSSR count). The predicted octanol–water partition coefficient (Wildman–Crippen LogP) is 3.05. The van der Waals surface area contributed by atoms with Crippen molar-refractivity contribution in [2.24, 2.45) is 5.92 Å². The molecule has 0 radical (unpaired) electrons. The van der Waals surface area contributed by atoms with Gasteiger partial charge in [0, 0.05) is 37.0 Å². The molecule has 112 valence electrons. The summed E-state index contributed by atoms with van der Waals surface area (Å²) in [7, 11) is 0. The fourth-order valence-electron chi connectivity index (χ4n) is 2.55. The van der Waals surface area contributed by atoms with Crippen LogP contribution in [-0.2, 0) is 17.8 Å². The lowest BCUT2D eigenvalue weighted by Gasteiger charge is -2.32. The first-order valence-corrected chi connectivity index (χ1v) is 8.50. The molecule has 1 aliphatic heterocycles. The van der Waals surface area contributed by atoms with Gasteiger partial charge in [0.25, 0.3) is 0 Å². The van der Waals surface area contributed by atoms with Crippen molar-refractivity contribution in [3.63, 3.8) is 0 Å². The lowest BCUT2D eigenvalue weighted by Crippen LogP contribution is -2.44. The zero-order chi connectivity index (χ0) is 14.5. The summed E-state index contributed by atoms with van der Waals surface area (Å²) in [5.41, 5.74) is 1.47. The van der Waals surface area contributed by atoms with E-state index in [1.54, 1.807) is 0 Å². The standard InChI is InChI=1S/C16H26N2OS/c1-12(2)4-5-16(19)17-10-13(3)18-8-6-15-14(11-18)7-9-20-15/h7,9,12-13H,4-6,8,10-11H2,1-3H3,(H,17,19). The van der Waals surface area contributed by atoms with Crippen LogP contribution in [0.15, 0.2) is 11.4 Å². The van der Waals surface area contributed by atoms with Crippen LogP contribution in [0.2, 0.25) is 0 Å². The molecule has 4 heteroatoms. The third kappa shape index (κ3) is 4.32. The maximum atomic E-state index is 11.8. The first kappa shape index (κ1) is 15.5. The average molecular weight is 294 g/mol. The molecule has 0 saturated carbocycles. The van der Waals surface area contributed by atoms with Crippen molar-refractivity contribution in [1.29, 1.82) is 0 Å². The number of thiophene rings is 1. The van der Waals surface area contributed by atoms with Crippen LogP contribution in [0.4, 0.5) is 0 Å². The normalized spacial score (nSPS) is 17.0. The Morgan fingerprint density at radius 2 is 2.25 bits per heavy atom. The predicted molar refractivity (Wildman–Crippen MR) is 85.0 cm³/mol. The van der Waals surface area contributed by atoms with Crippen LogP contribution in [0, 0.1) is 5.92 Å². The Morgan fingerprint density at radius 3 is 3.00 bits per heavy atom. The van der Waals surface area contributed by atoms with Gasteiger partial charge in [-0.1, -0.05) is 13.8 Å². The van der Waals surface area contributed by atoms with Crippen LogP contribution < -0.4 is 5.32 Å². The van der Waals surface area contributed by atoms with E-state index < -0.39 is 0 Å². The van der Waals surface area contributed by atoms with Crippen LogP contribution >= 0.6 is 11.3 Å². The van der Waals surface area contributed by atoms with E-state index in [9.17, 15) is 4.79 Å². The van der Waals surface area contributed by atoms with Crippen LogP contribution in [0.25, 0.3) is 0 Å². The number of fused-ring (bicyclic) bond motifs is 1. The van der Waals surface area contributed by atoms with Gasteiger partial charge < -0.3 is 5.32 Å². The minimum atomic E-state index is 0.193. The summed E-state index contributed by atoms with van der Waals surface area (Å²) in [5.74, 6) is 0.788. The van der Waals surface area contributed by atoms with E-state index in [0.717, 1.165) is 32.5 Å². The molecule has 0 saturated heterocycles. The largest absolute Gasteiger partial charge is 0.355 e. The Morgan fingerprint density at radius 1 is 1.45 bits per heavy atom. The molecule has 1 atom stereocenters. The van der Waals surface area contributed by atoms with Gasteiger partial charge in [-0.25, -0.2) is 0 Å². The fraction of sp³-hybridized carbons (Fsp3) is 0.688. The van der Waals surface area contributed by atoms with Gasteiger partial charge in [-0.15, -0.1) is 11.3 Å². The lowest BCUT2D eigenvalue weighted by atomic mass is 10.1. The Kier molecular flexibility index (Phi) is 5.61. The quantitative estimate of drug-likeness (QED) is 0.874. The van der Waals surface area contributed by atoms with Crippen molar-refractivity contribution in [2.75, 3.05) is 13.1 Å². The molecule has 1 aromatic heterocycles. The van der Waals surface area contributed by atoms with Crippen molar-refractivity contribution in [3.8, 4) is 0 Å². The second-order valence-electron chi connectivity index (χ2n) is 6.18. The molecule has 20 heavy (non-hydrogen) atoms. The van der Waals surface area contributed by atoms with E-state index in [-0.39, 0.29) is 5.91 Å². The highest BCUT2D eigenvalue weighted by atomic mass is 32.1. The molecule has 0 aromatic carbocycles. The first-order chi connectivity index (χ1) is 9.56. The number of nitrogens with one attached hydrogen (secondary N) is 1. The molecule has 0 fully saturated rings. The molecule has 0 aliphatic carbocycles. The average Bonchev–Trinajstić information content (AvgIpc) is 2.89. The van der Waals surface area contributed by atoms with E-state index in [0.29, 0.717) is 18.4 Å². The maximum Gasteiger partial charge on any atom is 0.220 e. The lowest BCUT2D eigenvalue weighted by molar-refractivity contribution is -0.121. The minimum absolute atomic E-state index is 0.193. The number of carbonyl (C=O) groups is 1. The first-order valence-electron chi connectivity index (χ1n) is 7.62. The highest BCUT2D eigenvalue weighted by molar-refractivity contribution is 7.10. The molecule has 1 amide bonds. The van der Waals surface area contributed by atoms with E-state index in [1.807, 2.05) is 11.3 Å². The third-order valence-electron chi connectivity index (χ3n) is 4.00. The van der Waals surface area contributed by atoms with Crippen molar-refractivity contribution < 1.29 is 4.79 Å². The zero-order valence-electron chi connectivity index (χ0n) is 12.8. The zero-order valence-corrected chi connectivity index (χ0v) is 13.6. The summed E-state index contributed by atoms with van der Waals surface area (Å²) in [6, 6.07) is 2.64. The summed E-state index contributed by atoms with van der Waals surface area (Å²) in [6.45, 7) is 9.42. The van der Waals surface area contributed by atoms with Gasteiger partial charge in [0.1, 0.15) is 0 Å². The van der Waals surface area contributed by atoms with Crippen molar-refractivity contribution in [3.05, 3.63) is 21.9 Å². The van der Waals surface area contributed by atoms with E-state index in [4.69, 9.17) is 0 Å². The van der Waals surface area contributed by atoms with E-state index >= 15 is 0 Å². The van der Waals surface area contributed by atoms with Gasteiger partial charge in [-0.05, 0) is 42.7 Å². The third-order valence-corrected chi connectivity index (χ3v) is 5.03. The number of amides is 1. The summed E-state index contributed by atoms with van der Waals surface area (Å²) < 4.78 is 0. The van der Waals surface area contributed by atoms with Crippen LogP contribution in [0.3, 0.4) is 0 Å². The molecule has 1 unspecified atom stereocenters. The molecular formula is C16H26N2OS. The van der Waals surface area contributed by atoms with Gasteiger partial charge in [-0.2, -0.15) is 0 Å². The number of hydrogen-bond acceptors (Lipinski definition) is 3. The van der Waals surface area contributed by atoms with Crippen LogP contribution in [-0.4, -0.2) is 29.9 Å². The number of rotatable bonds is 6. The Balaban J connectivity index is 1.73. The number of nitrogens with zero attached hydrogens (tertiary/aromatic N) is 1. The summed E-state index contributed by atoms with van der Waals surface area (Å²) in [5, 5.41) is 5.26. The fourth-order valence-corrected chi connectivity index (χ4v) is 3.43. The smallest absolute Gasteiger partial charge is 0.220 e. The molecule has 3 nitrogen and oxygen atoms in total. The molecular weight excluding hydrogens is 268 g/mol. The van der Waals surface area contributed by atoms with E-state index in [1.165, 1.54) is 10.4 Å². The van der Waals surface area contributed by atoms with Crippen LogP contribution in [0.1, 0.15) is 44.1 Å². The highest BCUT2D eigenvalue weighted by Gasteiger charge is 2.21. The Bertz CT molecular complexity index is 441. The van der Waals surface area contributed by atoms with Crippen LogP contribution in [0.5, 0.6) is 0 Å². The van der Waals surface area contributed by atoms with Gasteiger partial charge >= 0.3 is 0 Å². The Labute approximate surface area is 126 Å². The second-order valence-corrected chi connectivity index (χ2v) is 7.18. The summed E-state index contributed by atoms with van der Waals surface area (Å²) >= 11 is 1.87. The monoisotopic (exact) mass is 294 g/mol. The highest BCUT2D eigenvalue weighted by Crippen LogP contribution is 2.24. The molecule has 2 heterocycles. The van der Waals surface area contributed by atoms with Crippen molar-refractivity contribution >= 4 is 17.2 Å². The summed E-state index contributed by atoms with van der Waals surface area (Å²) in [4.78, 5) is 15.8. The minimum Gasteiger partial charge on any atom is -0.355 e. The van der Waals surface area contributed by atoms with Crippen molar-refractivity contribution in [2.45, 2.75) is 52.6 Å². The van der Waals surface area contributed by atoms with E-state index in [2.05, 4.69) is 42.4 Å². The topological polar surface area (TPSA) is 32.3 Å². The Hall–Kier alpha value is -0.870.